The van der Waals surface area contributed by atoms with Crippen LogP contribution in [-0.4, -0.2) is 50.6 Å². The van der Waals surface area contributed by atoms with Crippen LogP contribution in [0.5, 0.6) is 0 Å². The molecule has 0 aliphatic heterocycles. The highest BCUT2D eigenvalue weighted by molar-refractivity contribution is 8.25. The molecule has 0 spiro atoms. The van der Waals surface area contributed by atoms with Gasteiger partial charge in [-0.15, -0.1) is 6.42 Å². The first-order valence-electron chi connectivity index (χ1n) is 9.89. The molecule has 0 aromatic heterocycles. The number of hydrogen-bond acceptors (Lipinski definition) is 5. The summed E-state index contributed by atoms with van der Waals surface area (Å²) in [5, 5.41) is 14.9. The molecule has 1 aromatic carbocycles. The van der Waals surface area contributed by atoms with Gasteiger partial charge in [-0.25, -0.2) is 6.57 Å². The molecule has 1 rings (SSSR count). The van der Waals surface area contributed by atoms with Gasteiger partial charge >= 0.3 is 0 Å². The lowest BCUT2D eigenvalue weighted by molar-refractivity contribution is -0.123. The second-order valence-electron chi connectivity index (χ2n) is 7.81. The number of thiocarbonyl (C=S) groups is 1. The van der Waals surface area contributed by atoms with Crippen LogP contribution in [-0.2, 0) is 9.59 Å². The van der Waals surface area contributed by atoms with Crippen LogP contribution >= 0.6 is 24.0 Å². The Balaban J connectivity index is 3.06. The normalized spacial score (nSPS) is 15.3. The number of aliphatic hydroxyl groups is 1. The summed E-state index contributed by atoms with van der Waals surface area (Å²) in [6.07, 6.45) is 5.02. The Morgan fingerprint density at radius 1 is 1.32 bits per heavy atom. The number of nitrogens with zero attached hydrogens (tertiary/aromatic N) is 1. The highest BCUT2D eigenvalue weighted by Gasteiger charge is 2.46. The lowest BCUT2D eigenvalue weighted by Crippen LogP contribution is -2.48. The lowest BCUT2D eigenvalue weighted by atomic mass is 9.85. The van der Waals surface area contributed by atoms with E-state index >= 15 is 0 Å². The number of benzene rings is 1. The van der Waals surface area contributed by atoms with Crippen LogP contribution in [0.25, 0.3) is 4.85 Å². The van der Waals surface area contributed by atoms with Crippen LogP contribution in [0.15, 0.2) is 30.3 Å². The highest BCUT2D eigenvalue weighted by atomic mass is 32.2. The molecule has 8 heteroatoms. The molecule has 0 fully saturated rings. The SMILES string of the molecule is [C-]#[N+]C(C)(CCC(=O)NCC#C)CC(C)(SC(=S)c1ccccc1)C(=O)NCC(C)O. The predicted octanol–water partition coefficient (Wildman–Crippen LogP) is 2.95. The van der Waals surface area contributed by atoms with E-state index in [1.54, 1.807) is 20.8 Å². The summed E-state index contributed by atoms with van der Waals surface area (Å²) in [7, 11) is 0. The van der Waals surface area contributed by atoms with Crippen molar-refractivity contribution >= 4 is 40.0 Å². The van der Waals surface area contributed by atoms with Gasteiger partial charge < -0.3 is 20.6 Å². The van der Waals surface area contributed by atoms with Gasteiger partial charge in [0.15, 0.2) is 0 Å². The first kappa shape index (κ1) is 26.6. The molecule has 0 saturated carbocycles. The summed E-state index contributed by atoms with van der Waals surface area (Å²) in [5.74, 6) is 1.79. The molecule has 3 N–H and O–H groups in total. The van der Waals surface area contributed by atoms with E-state index in [1.165, 1.54) is 11.8 Å². The Hall–Kier alpha value is -2.39. The molecule has 0 bridgehead atoms. The monoisotopic (exact) mass is 459 g/mol. The molecule has 1 aromatic rings. The number of carbonyl (C=O) groups is 2. The minimum atomic E-state index is -1.07. The predicted molar refractivity (Wildman–Crippen MR) is 130 cm³/mol. The van der Waals surface area contributed by atoms with Crippen LogP contribution in [0.3, 0.4) is 0 Å². The maximum atomic E-state index is 13.1. The fourth-order valence-corrected chi connectivity index (χ4v) is 4.86. The third-order valence-electron chi connectivity index (χ3n) is 4.63. The van der Waals surface area contributed by atoms with Crippen molar-refractivity contribution in [1.82, 2.24) is 10.6 Å². The van der Waals surface area contributed by atoms with Gasteiger partial charge in [0.05, 0.1) is 16.8 Å². The summed E-state index contributed by atoms with van der Waals surface area (Å²) in [5.41, 5.74) is -0.154. The molecule has 0 aliphatic rings. The third kappa shape index (κ3) is 9.10. The topological polar surface area (TPSA) is 82.8 Å². The van der Waals surface area contributed by atoms with Crippen LogP contribution < -0.4 is 10.6 Å². The summed E-state index contributed by atoms with van der Waals surface area (Å²) >= 11 is 6.79. The molecule has 3 unspecified atom stereocenters. The van der Waals surface area contributed by atoms with Gasteiger partial charge in [0.1, 0.15) is 4.75 Å². The number of aliphatic hydroxyl groups excluding tert-OH is 1. The highest BCUT2D eigenvalue weighted by Crippen LogP contribution is 2.39. The van der Waals surface area contributed by atoms with E-state index in [0.29, 0.717) is 4.20 Å². The molecule has 0 aliphatic carbocycles. The van der Waals surface area contributed by atoms with Crippen LogP contribution in [0.1, 0.15) is 45.6 Å². The summed E-state index contributed by atoms with van der Waals surface area (Å²) in [4.78, 5) is 28.8. The quantitative estimate of drug-likeness (QED) is 0.269. The first-order chi connectivity index (χ1) is 14.5. The average molecular weight is 460 g/mol. The van der Waals surface area contributed by atoms with E-state index in [9.17, 15) is 14.7 Å². The molecular formula is C23H29N3O3S2. The number of nitrogens with one attached hydrogen (secondary N) is 2. The zero-order chi connectivity index (χ0) is 23.5. The molecule has 0 heterocycles. The van der Waals surface area contributed by atoms with Gasteiger partial charge in [0.25, 0.3) is 0 Å². The number of carbonyl (C=O) groups excluding carboxylic acids is 2. The van der Waals surface area contributed by atoms with Gasteiger partial charge in [0.2, 0.25) is 17.4 Å². The maximum absolute atomic E-state index is 13.1. The largest absolute Gasteiger partial charge is 0.392 e. The second-order valence-corrected chi connectivity index (χ2v) is 9.99. The average Bonchev–Trinajstić information content (AvgIpc) is 2.74. The van der Waals surface area contributed by atoms with Gasteiger partial charge in [-0.05, 0) is 19.4 Å². The van der Waals surface area contributed by atoms with Crippen molar-refractivity contribution < 1.29 is 14.7 Å². The summed E-state index contributed by atoms with van der Waals surface area (Å²) < 4.78 is -0.537. The van der Waals surface area contributed by atoms with Crippen molar-refractivity contribution in [2.24, 2.45) is 0 Å². The van der Waals surface area contributed by atoms with Crippen LogP contribution in [0.2, 0.25) is 0 Å². The van der Waals surface area contributed by atoms with Gasteiger partial charge in [0, 0.05) is 32.7 Å². The lowest BCUT2D eigenvalue weighted by Gasteiger charge is -2.32. The third-order valence-corrected chi connectivity index (χ3v) is 6.32. The smallest absolute Gasteiger partial charge is 0.236 e. The van der Waals surface area contributed by atoms with Crippen molar-refractivity contribution in [3.05, 3.63) is 47.3 Å². The van der Waals surface area contributed by atoms with Crippen molar-refractivity contribution in [2.75, 3.05) is 13.1 Å². The Labute approximate surface area is 194 Å². The summed E-state index contributed by atoms with van der Waals surface area (Å²) in [6, 6.07) is 9.35. The number of rotatable bonds is 11. The molecule has 2 amide bonds. The maximum Gasteiger partial charge on any atom is 0.236 e. The standard InChI is InChI=1S/C23H29N3O3S2/c1-6-14-25-19(28)12-13-22(3,24-5)16-23(4,21(29)26-15-17(2)27)31-20(30)18-10-8-7-9-11-18/h1,7-11,17,27H,12-16H2,2-4H3,(H,25,28)(H,26,29). The molecule has 166 valence electrons. The zero-order valence-corrected chi connectivity index (χ0v) is 19.7. The van der Waals surface area contributed by atoms with Crippen molar-refractivity contribution in [2.45, 2.75) is 56.4 Å². The van der Waals surface area contributed by atoms with Crippen molar-refractivity contribution in [3.63, 3.8) is 0 Å². The molecule has 0 saturated heterocycles. The van der Waals surface area contributed by atoms with Gasteiger partial charge in [-0.1, -0.05) is 60.2 Å². The second kappa shape index (κ2) is 12.5. The molecule has 3 atom stereocenters. The number of amides is 2. The van der Waals surface area contributed by atoms with Crippen molar-refractivity contribution in [1.29, 1.82) is 0 Å². The Bertz CT molecular complexity index is 861. The number of thioether (sulfide) groups is 1. The Kier molecular flexibility index (Phi) is 10.7. The molecule has 0 radical (unpaired) electrons. The van der Waals surface area contributed by atoms with Crippen molar-refractivity contribution in [3.8, 4) is 12.3 Å². The van der Waals surface area contributed by atoms with E-state index in [-0.39, 0.29) is 44.2 Å². The first-order valence-corrected chi connectivity index (χ1v) is 11.1. The zero-order valence-electron chi connectivity index (χ0n) is 18.1. The molecule has 6 nitrogen and oxygen atoms in total. The Morgan fingerprint density at radius 2 is 1.97 bits per heavy atom. The van der Waals surface area contributed by atoms with E-state index in [4.69, 9.17) is 25.2 Å². The van der Waals surface area contributed by atoms with E-state index in [1.807, 2.05) is 30.3 Å². The Morgan fingerprint density at radius 3 is 2.52 bits per heavy atom. The minimum Gasteiger partial charge on any atom is -0.392 e. The fourth-order valence-electron chi connectivity index (χ4n) is 2.96. The van der Waals surface area contributed by atoms with E-state index < -0.39 is 16.4 Å². The van der Waals surface area contributed by atoms with E-state index in [2.05, 4.69) is 21.4 Å². The van der Waals surface area contributed by atoms with Gasteiger partial charge in [-0.3, -0.25) is 9.59 Å². The number of terminal acetylenes is 1. The minimum absolute atomic E-state index is 0.0936. The molecular weight excluding hydrogens is 430 g/mol. The number of hydrogen-bond donors (Lipinski definition) is 3. The van der Waals surface area contributed by atoms with Crippen LogP contribution in [0.4, 0.5) is 0 Å². The molecule has 31 heavy (non-hydrogen) atoms. The fraction of sp³-hybridized carbons (Fsp3) is 0.478. The summed E-state index contributed by atoms with van der Waals surface area (Å²) in [6.45, 7) is 13.0. The van der Waals surface area contributed by atoms with Crippen LogP contribution in [0, 0.1) is 18.9 Å². The van der Waals surface area contributed by atoms with E-state index in [0.717, 1.165) is 5.56 Å². The van der Waals surface area contributed by atoms with Gasteiger partial charge in [-0.2, -0.15) is 0 Å².